The Labute approximate surface area is 120 Å². The topological polar surface area (TPSA) is 54.4 Å². The lowest BCUT2D eigenvalue weighted by molar-refractivity contribution is 0.492. The summed E-state index contributed by atoms with van der Waals surface area (Å²) in [5, 5.41) is 2.29. The predicted octanol–water partition coefficient (Wildman–Crippen LogP) is 4.29. The molecular weight excluding hydrogens is 276 g/mol. The van der Waals surface area contributed by atoms with Crippen LogP contribution >= 0.6 is 0 Å². The van der Waals surface area contributed by atoms with Gasteiger partial charge in [0.1, 0.15) is 5.41 Å². The third-order valence-electron chi connectivity index (χ3n) is 3.52. The van der Waals surface area contributed by atoms with Gasteiger partial charge in [-0.15, -0.1) is 0 Å². The molecule has 19 heavy (non-hydrogen) atoms. The van der Waals surface area contributed by atoms with Crippen LogP contribution in [0.5, 0.6) is 0 Å². The molecule has 0 aromatic carbocycles. The Hall–Kier alpha value is -0.133. The van der Waals surface area contributed by atoms with E-state index >= 15 is 0 Å². The first-order chi connectivity index (χ1) is 8.29. The van der Waals surface area contributed by atoms with E-state index in [1.807, 2.05) is 0 Å². The molecule has 3 nitrogen and oxygen atoms in total. The van der Waals surface area contributed by atoms with Crippen LogP contribution in [0.4, 0.5) is 0 Å². The highest BCUT2D eigenvalue weighted by Gasteiger charge is 2.43. The molecule has 0 aromatic heterocycles. The van der Waals surface area contributed by atoms with Crippen molar-refractivity contribution in [3.63, 3.8) is 0 Å². The molecule has 0 saturated carbocycles. The second-order valence-corrected chi connectivity index (χ2v) is 13.4. The first kappa shape index (κ1) is 18.9. The van der Waals surface area contributed by atoms with Gasteiger partial charge in [0, 0.05) is 0 Å². The maximum absolute atomic E-state index is 11.0. The predicted molar refractivity (Wildman–Crippen MR) is 84.1 cm³/mol. The summed E-state index contributed by atoms with van der Waals surface area (Å²) in [6.07, 6.45) is 0. The van der Waals surface area contributed by atoms with Crippen LogP contribution in [0.3, 0.4) is 0 Å². The summed E-state index contributed by atoms with van der Waals surface area (Å²) in [6, 6.07) is 2.02. The summed E-state index contributed by atoms with van der Waals surface area (Å²) in [4.78, 5) is 0. The van der Waals surface area contributed by atoms with E-state index in [0.29, 0.717) is 11.8 Å². The lowest BCUT2D eigenvalue weighted by atomic mass is 10.2. The molecular formula is C14H29O3SSi. The molecule has 0 unspecified atom stereocenters. The molecule has 0 rings (SSSR count). The van der Waals surface area contributed by atoms with Gasteiger partial charge in [0.25, 0.3) is 10.1 Å². The lowest BCUT2D eigenvalue weighted by Gasteiger charge is -2.43. The van der Waals surface area contributed by atoms with Gasteiger partial charge in [-0.2, -0.15) is 8.42 Å². The Kier molecular flexibility index (Phi) is 6.50. The van der Waals surface area contributed by atoms with E-state index in [1.54, 1.807) is 5.70 Å². The molecule has 5 heteroatoms. The summed E-state index contributed by atoms with van der Waals surface area (Å²) in [5.41, 5.74) is 1.72. The first-order valence-electron chi connectivity index (χ1n) is 6.88. The Bertz CT molecular complexity index is 393. The van der Waals surface area contributed by atoms with Crippen LogP contribution in [-0.2, 0) is 10.1 Å². The second-order valence-electron chi connectivity index (χ2n) is 7.34. The maximum Gasteiger partial charge on any atom is 0.295 e. The molecule has 0 bridgehead atoms. The monoisotopic (exact) mass is 305 g/mol. The Morgan fingerprint density at radius 3 is 1.68 bits per heavy atom. The van der Waals surface area contributed by atoms with Gasteiger partial charge in [0.2, 0.25) is 0 Å². The van der Waals surface area contributed by atoms with Gasteiger partial charge in [0.15, 0.2) is 0 Å². The standard InChI is InChI=1S/C14H29O3SSi/c1-12(2)10-19(11-13(3)4,14(5,6)7)9-8-18(15,16)17/h9,12-13H,10-11H2,1-7H3,(H,15,16,17). The van der Waals surface area contributed by atoms with Crippen LogP contribution in [-0.4, -0.2) is 21.0 Å². The fourth-order valence-electron chi connectivity index (χ4n) is 2.67. The van der Waals surface area contributed by atoms with Gasteiger partial charge in [-0.3, -0.25) is 4.55 Å². The highest BCUT2D eigenvalue weighted by molar-refractivity contribution is 7.87. The summed E-state index contributed by atoms with van der Waals surface area (Å²) in [6.45, 7) is 15.2. The first-order valence-corrected chi connectivity index (χ1v) is 10.8. The molecule has 0 aliphatic carbocycles. The minimum atomic E-state index is -4.16. The quantitative estimate of drug-likeness (QED) is 0.588. The van der Waals surface area contributed by atoms with Crippen molar-refractivity contribution < 1.29 is 13.0 Å². The summed E-state index contributed by atoms with van der Waals surface area (Å²) in [5.74, 6) is 1.01. The third kappa shape index (κ3) is 6.72. The highest BCUT2D eigenvalue weighted by atomic mass is 32.2. The minimum absolute atomic E-state index is 0.0409. The van der Waals surface area contributed by atoms with Crippen molar-refractivity contribution in [3.05, 3.63) is 11.1 Å². The average molecular weight is 306 g/mol. The van der Waals surface area contributed by atoms with Crippen molar-refractivity contribution in [1.82, 2.24) is 0 Å². The Morgan fingerprint density at radius 1 is 1.11 bits per heavy atom. The van der Waals surface area contributed by atoms with Crippen LogP contribution in [0.1, 0.15) is 48.5 Å². The van der Waals surface area contributed by atoms with E-state index in [0.717, 1.165) is 12.1 Å². The molecule has 0 aromatic rings. The molecule has 0 amide bonds. The summed E-state index contributed by atoms with van der Waals surface area (Å²) in [7, 11) is -6.17. The SMILES string of the molecule is CC(C)C[Si](/C=[C]/S(=O)(=O)O)(CC(C)C)C(C)(C)C. The van der Waals surface area contributed by atoms with Gasteiger partial charge in [-0.25, -0.2) is 0 Å². The normalized spacial score (nSPS) is 14.8. The van der Waals surface area contributed by atoms with Crippen molar-refractivity contribution in [1.29, 1.82) is 0 Å². The van der Waals surface area contributed by atoms with E-state index in [9.17, 15) is 8.42 Å². The fraction of sp³-hybridized carbons (Fsp3) is 0.857. The van der Waals surface area contributed by atoms with Gasteiger partial charge in [-0.05, 0) is 16.9 Å². The highest BCUT2D eigenvalue weighted by Crippen LogP contribution is 2.45. The van der Waals surface area contributed by atoms with Crippen LogP contribution in [0.2, 0.25) is 17.1 Å². The Balaban J connectivity index is 5.69. The molecule has 0 fully saturated rings. The minimum Gasteiger partial charge on any atom is -0.282 e. The zero-order valence-electron chi connectivity index (χ0n) is 13.3. The van der Waals surface area contributed by atoms with Crippen LogP contribution < -0.4 is 0 Å². The Morgan fingerprint density at radius 2 is 1.47 bits per heavy atom. The molecule has 0 aliphatic heterocycles. The van der Waals surface area contributed by atoms with Crippen molar-refractivity contribution >= 4 is 18.2 Å². The van der Waals surface area contributed by atoms with Gasteiger partial charge in [0.05, 0.1) is 8.07 Å². The molecule has 0 spiro atoms. The molecule has 1 N–H and O–H groups in total. The molecule has 0 saturated heterocycles. The smallest absolute Gasteiger partial charge is 0.282 e. The molecule has 0 heterocycles. The summed E-state index contributed by atoms with van der Waals surface area (Å²) >= 11 is 0. The molecule has 0 aliphatic rings. The second kappa shape index (κ2) is 6.55. The third-order valence-corrected chi connectivity index (χ3v) is 10.9. The van der Waals surface area contributed by atoms with Gasteiger partial charge >= 0.3 is 0 Å². The van der Waals surface area contributed by atoms with Crippen LogP contribution in [0.15, 0.2) is 5.70 Å². The van der Waals surface area contributed by atoms with Crippen LogP contribution in [0, 0.1) is 17.2 Å². The zero-order valence-corrected chi connectivity index (χ0v) is 15.1. The van der Waals surface area contributed by atoms with Crippen molar-refractivity contribution in [2.24, 2.45) is 11.8 Å². The van der Waals surface area contributed by atoms with Gasteiger partial charge < -0.3 is 0 Å². The fourth-order valence-corrected chi connectivity index (χ4v) is 9.15. The maximum atomic E-state index is 11.0. The van der Waals surface area contributed by atoms with Crippen molar-refractivity contribution in [2.45, 2.75) is 65.6 Å². The van der Waals surface area contributed by atoms with E-state index < -0.39 is 18.2 Å². The van der Waals surface area contributed by atoms with Crippen molar-refractivity contribution in [2.75, 3.05) is 0 Å². The molecule has 113 valence electrons. The molecule has 0 atom stereocenters. The van der Waals surface area contributed by atoms with Crippen LogP contribution in [0.25, 0.3) is 0 Å². The molecule has 1 radical (unpaired) electrons. The van der Waals surface area contributed by atoms with E-state index in [1.165, 1.54) is 0 Å². The number of hydrogen-bond donors (Lipinski definition) is 1. The number of rotatable bonds is 6. The zero-order chi connectivity index (χ0) is 15.5. The average Bonchev–Trinajstić information content (AvgIpc) is 2.09. The lowest BCUT2D eigenvalue weighted by Crippen LogP contribution is -2.44. The van der Waals surface area contributed by atoms with Crippen molar-refractivity contribution in [3.8, 4) is 0 Å². The van der Waals surface area contributed by atoms with Gasteiger partial charge in [-0.1, -0.05) is 66.3 Å². The van der Waals surface area contributed by atoms with E-state index in [-0.39, 0.29) is 5.04 Å². The largest absolute Gasteiger partial charge is 0.295 e. The number of hydrogen-bond acceptors (Lipinski definition) is 2. The van der Waals surface area contributed by atoms with E-state index in [4.69, 9.17) is 4.55 Å². The summed E-state index contributed by atoms with van der Waals surface area (Å²) < 4.78 is 31.0. The van der Waals surface area contributed by atoms with E-state index in [2.05, 4.69) is 53.9 Å².